The molecule has 372 valence electrons. The summed E-state index contributed by atoms with van der Waals surface area (Å²) in [6.07, 6.45) is 0. The second-order valence-electron chi connectivity index (χ2n) is 13.9. The van der Waals surface area contributed by atoms with Gasteiger partial charge in [-0.3, -0.25) is 0 Å². The third-order valence-electron chi connectivity index (χ3n) is 9.03. The first-order valence-electron chi connectivity index (χ1n) is 21.6. The van der Waals surface area contributed by atoms with Gasteiger partial charge >= 0.3 is 22.8 Å². The summed E-state index contributed by atoms with van der Waals surface area (Å²) < 4.78 is 74.3. The van der Waals surface area contributed by atoms with Gasteiger partial charge in [0.15, 0.2) is 0 Å². The summed E-state index contributed by atoms with van der Waals surface area (Å²) in [5.74, 6) is 3.03. The number of hydrogen-bond acceptors (Lipinski definition) is 12. The summed E-state index contributed by atoms with van der Waals surface area (Å²) in [4.78, 5) is 24.0. The molecule has 0 atom stereocenters. The molecule has 0 amide bonds. The molecule has 0 saturated heterocycles. The van der Waals surface area contributed by atoms with Crippen LogP contribution in [0, 0.1) is 0 Å². The Bertz CT molecular complexity index is 2530. The Morgan fingerprint density at radius 2 is 0.315 bits per heavy atom. The average Bonchev–Trinajstić information content (AvgIpc) is 3.45. The molecule has 0 fully saturated rings. The van der Waals surface area contributed by atoms with Crippen LogP contribution in [0.15, 0.2) is 273 Å². The number of rotatable bonds is 15. The average molecular weight is 1070 g/mol. The zero-order valence-electron chi connectivity index (χ0n) is 39.3. The van der Waals surface area contributed by atoms with Gasteiger partial charge in [0.25, 0.3) is 0 Å². The van der Waals surface area contributed by atoms with Gasteiger partial charge in [0.1, 0.15) is 54.9 Å². The van der Waals surface area contributed by atoms with E-state index in [1.54, 1.807) is 109 Å². The van der Waals surface area contributed by atoms with E-state index in [1.807, 2.05) is 184 Å². The van der Waals surface area contributed by atoms with E-state index in [-0.39, 0.29) is 17.4 Å². The molecule has 0 aliphatic heterocycles. The Labute approximate surface area is 436 Å². The van der Waals surface area contributed by atoms with E-state index in [1.165, 1.54) is 0 Å². The molecule has 0 heterocycles. The van der Waals surface area contributed by atoms with Crippen LogP contribution in [0.1, 0.15) is 0 Å². The van der Waals surface area contributed by atoms with Crippen molar-refractivity contribution in [3.8, 4) is 34.5 Å². The molecule has 12 nitrogen and oxygen atoms in total. The van der Waals surface area contributed by atoms with E-state index in [2.05, 4.69) is 0 Å². The zero-order valence-corrected chi connectivity index (χ0v) is 43.2. The van der Waals surface area contributed by atoms with Crippen molar-refractivity contribution in [2.24, 2.45) is 0 Å². The fourth-order valence-electron chi connectivity index (χ4n) is 5.92. The smallest absolute Gasteiger partial charge is 0.413 e. The van der Waals surface area contributed by atoms with Crippen molar-refractivity contribution in [3.63, 3.8) is 0 Å². The molecule has 0 saturated carbocycles. The van der Waals surface area contributed by atoms with Crippen LogP contribution in [-0.4, -0.2) is 20.4 Å². The first-order valence-corrected chi connectivity index (χ1v) is 26.2. The second-order valence-corrected chi connectivity index (χ2v) is 19.6. The first kappa shape index (κ1) is 59.3. The molecule has 0 N–H and O–H groups in total. The summed E-state index contributed by atoms with van der Waals surface area (Å²) in [5.41, 5.74) is 0. The summed E-state index contributed by atoms with van der Waals surface area (Å²) in [5, 5.41) is 1.55. The van der Waals surface area contributed by atoms with Gasteiger partial charge in [-0.1, -0.05) is 164 Å². The second kappa shape index (κ2) is 32.8. The summed E-state index contributed by atoms with van der Waals surface area (Å²) in [6.45, 7) is 6.00. The van der Waals surface area contributed by atoms with Crippen LogP contribution < -0.4 is 43.1 Å². The normalized spacial score (nSPS) is 10.0. The fourth-order valence-corrected chi connectivity index (χ4v) is 10.7. The van der Waals surface area contributed by atoms with Crippen LogP contribution in [-0.2, 0) is 45.4 Å². The largest absolute Gasteiger partial charge is 0.462 e. The number of para-hydroxylation sites is 6. The van der Waals surface area contributed by atoms with Crippen molar-refractivity contribution in [2.45, 2.75) is 0 Å². The van der Waals surface area contributed by atoms with Gasteiger partial charge in [0.05, 0.1) is 15.9 Å². The van der Waals surface area contributed by atoms with E-state index in [4.69, 9.17) is 41.5 Å². The minimum absolute atomic E-state index is 0. The molecule has 16 heteroatoms. The third kappa shape index (κ3) is 19.6. The Hall–Kier alpha value is -7.99. The van der Waals surface area contributed by atoms with Gasteiger partial charge < -0.3 is 41.5 Å². The monoisotopic (exact) mass is 1070 g/mol. The number of carbonyl (C=O) groups excluding carboxylic acids is 3. The first-order chi connectivity index (χ1) is 35.3. The molecule has 9 aromatic carbocycles. The van der Waals surface area contributed by atoms with Gasteiger partial charge in [-0.05, 0) is 109 Å². The Kier molecular flexibility index (Phi) is 26.7. The minimum atomic E-state index is -3.52. The molecule has 0 aromatic heterocycles. The quantitative estimate of drug-likeness (QED) is 0.0896. The van der Waals surface area contributed by atoms with Crippen molar-refractivity contribution in [1.29, 1.82) is 0 Å². The molecule has 73 heavy (non-hydrogen) atoms. The molecule has 0 aliphatic carbocycles. The van der Waals surface area contributed by atoms with Crippen molar-refractivity contribution in [2.75, 3.05) is 0 Å². The number of hydrogen-bond donors (Lipinski definition) is 0. The van der Waals surface area contributed by atoms with E-state index in [9.17, 15) is 13.7 Å². The molecular formula is C57H51CrO12P3. The van der Waals surface area contributed by atoms with Crippen LogP contribution in [0.2, 0.25) is 0 Å². The number of carbonyl (C=O) groups is 3. The predicted molar refractivity (Wildman–Crippen MR) is 285 cm³/mol. The van der Waals surface area contributed by atoms with E-state index >= 15 is 0 Å². The van der Waals surface area contributed by atoms with Crippen LogP contribution >= 0.6 is 22.8 Å². The molecule has 9 aromatic rings. The summed E-state index contributed by atoms with van der Waals surface area (Å²) >= 11 is 0. The molecule has 0 bridgehead atoms. The maximum Gasteiger partial charge on any atom is 0.462 e. The van der Waals surface area contributed by atoms with Gasteiger partial charge in [0.2, 0.25) is 0 Å². The standard InChI is InChI=1S/3C18H15O3P.3CH2O.Cr/c3*19-22(18-14-8-3-9-15-18,20-16-10-4-1-5-11-16)21-17-12-6-2-7-13-17;3*1-2;/h3*1-15H;3*1H2;. The molecule has 0 radical (unpaired) electrons. The molecule has 0 aliphatic rings. The van der Waals surface area contributed by atoms with Crippen LogP contribution in [0.5, 0.6) is 34.5 Å². The van der Waals surface area contributed by atoms with Gasteiger partial charge in [-0.25, -0.2) is 13.7 Å². The maximum absolute atomic E-state index is 13.3. The topological polar surface area (TPSA) is 158 Å². The van der Waals surface area contributed by atoms with E-state index in [0.29, 0.717) is 50.4 Å². The Morgan fingerprint density at radius 3 is 0.438 bits per heavy atom. The Balaban J connectivity index is 0.000000273. The predicted octanol–water partition coefficient (Wildman–Crippen LogP) is 13.4. The fraction of sp³-hybridized carbons (Fsp3) is 0. The van der Waals surface area contributed by atoms with Gasteiger partial charge in [-0.2, -0.15) is 0 Å². The van der Waals surface area contributed by atoms with Crippen molar-refractivity contribution in [3.05, 3.63) is 273 Å². The third-order valence-corrected chi connectivity index (χ3v) is 14.5. The zero-order chi connectivity index (χ0) is 51.8. The van der Waals surface area contributed by atoms with Crippen molar-refractivity contribution >= 4 is 59.1 Å². The SMILES string of the molecule is C=O.C=O.C=O.O=P(Oc1ccccc1)(Oc1ccccc1)c1ccccc1.O=P(Oc1ccccc1)(Oc1ccccc1)c1ccccc1.O=P(Oc1ccccc1)(Oc1ccccc1)c1ccccc1.[Cr]. The van der Waals surface area contributed by atoms with Crippen LogP contribution in [0.3, 0.4) is 0 Å². The molecular weight excluding hydrogens is 1020 g/mol. The maximum atomic E-state index is 13.3. The summed E-state index contributed by atoms with van der Waals surface area (Å²) in [6, 6.07) is 81.1. The number of benzene rings is 9. The Morgan fingerprint density at radius 1 is 0.205 bits per heavy atom. The van der Waals surface area contributed by atoms with Crippen molar-refractivity contribution in [1.82, 2.24) is 0 Å². The van der Waals surface area contributed by atoms with Crippen molar-refractivity contribution < 1.29 is 72.6 Å². The van der Waals surface area contributed by atoms with Gasteiger partial charge in [-0.15, -0.1) is 0 Å². The summed E-state index contributed by atoms with van der Waals surface area (Å²) in [7, 11) is -10.5. The van der Waals surface area contributed by atoms with Crippen LogP contribution in [0.4, 0.5) is 0 Å². The van der Waals surface area contributed by atoms with E-state index < -0.39 is 22.8 Å². The molecule has 0 spiro atoms. The van der Waals surface area contributed by atoms with Crippen LogP contribution in [0.25, 0.3) is 0 Å². The molecule has 9 rings (SSSR count). The van der Waals surface area contributed by atoms with E-state index in [0.717, 1.165) is 0 Å². The minimum Gasteiger partial charge on any atom is -0.413 e. The van der Waals surface area contributed by atoms with Gasteiger partial charge in [0, 0.05) is 17.4 Å². The molecule has 0 unspecified atom stereocenters.